The number of rotatable bonds is 9. The van der Waals surface area contributed by atoms with Gasteiger partial charge in [0.1, 0.15) is 0 Å². The molecule has 0 amide bonds. The zero-order chi connectivity index (χ0) is 53.7. The molecule has 401 valence electrons. The summed E-state index contributed by atoms with van der Waals surface area (Å²) in [6.45, 7) is 18.3. The average molecular weight is 1230 g/mol. The maximum atomic E-state index is 6.87. The van der Waals surface area contributed by atoms with Crippen molar-refractivity contribution >= 4 is 57.3 Å². The SMILES string of the molecule is C[Si](C)(C)c1ccc(-c2[c-]cc(C3CCCCC3)cc2)nc1.Cc1ccc2ccc3nc(-c4[c-]ccc5c4oc4nc(C(C)C6CCCC6)ccc45)n(-c4c(-c5ccccc5)cc(C(C)(C)C)cc4-c4ccccc4)c3c2n1.[Ir]. The number of nitrogens with zero attached hydrogens (tertiary/aromatic N) is 5. The van der Waals surface area contributed by atoms with Crippen LogP contribution in [0.2, 0.25) is 19.6 Å². The van der Waals surface area contributed by atoms with Gasteiger partial charge < -0.3 is 14.0 Å². The van der Waals surface area contributed by atoms with Crippen molar-refractivity contribution in [2.24, 2.45) is 5.92 Å². The third kappa shape index (κ3) is 10.8. The van der Waals surface area contributed by atoms with Crippen LogP contribution in [0.4, 0.5) is 0 Å². The molecular formula is C71H71IrN5OSi-2. The number of furan rings is 1. The molecule has 11 aromatic rings. The predicted molar refractivity (Wildman–Crippen MR) is 328 cm³/mol. The Labute approximate surface area is 481 Å². The van der Waals surface area contributed by atoms with Crippen molar-refractivity contribution in [3.63, 3.8) is 0 Å². The number of hydrogen-bond donors (Lipinski definition) is 0. The molecule has 2 aliphatic carbocycles. The summed E-state index contributed by atoms with van der Waals surface area (Å²) < 4.78 is 9.22. The van der Waals surface area contributed by atoms with E-state index in [0.29, 0.717) is 17.5 Å². The van der Waals surface area contributed by atoms with Crippen LogP contribution in [0.15, 0.2) is 162 Å². The largest absolute Gasteiger partial charge is 0.486 e. The summed E-state index contributed by atoms with van der Waals surface area (Å²) in [5.74, 6) is 2.56. The monoisotopic (exact) mass is 1230 g/mol. The molecule has 8 heteroatoms. The van der Waals surface area contributed by atoms with Crippen LogP contribution in [0.25, 0.3) is 94.6 Å². The molecule has 0 N–H and O–H groups in total. The first kappa shape index (κ1) is 54.1. The van der Waals surface area contributed by atoms with Crippen molar-refractivity contribution < 1.29 is 24.5 Å². The first-order valence-electron chi connectivity index (χ1n) is 28.6. The minimum Gasteiger partial charge on any atom is -0.486 e. The molecule has 0 spiro atoms. The second-order valence-electron chi connectivity index (χ2n) is 24.3. The molecule has 1 radical (unpaired) electrons. The predicted octanol–water partition coefficient (Wildman–Crippen LogP) is 18.7. The van der Waals surface area contributed by atoms with Crippen molar-refractivity contribution in [1.29, 1.82) is 0 Å². The van der Waals surface area contributed by atoms with Crippen LogP contribution < -0.4 is 5.19 Å². The van der Waals surface area contributed by atoms with Gasteiger partial charge in [-0.3, -0.25) is 9.97 Å². The van der Waals surface area contributed by atoms with Crippen LogP contribution in [0.5, 0.6) is 0 Å². The van der Waals surface area contributed by atoms with E-state index in [1.54, 1.807) is 0 Å². The van der Waals surface area contributed by atoms with E-state index >= 15 is 0 Å². The minimum absolute atomic E-state index is 0. The Morgan fingerprint density at radius 1 is 0.684 bits per heavy atom. The van der Waals surface area contributed by atoms with Crippen molar-refractivity contribution in [2.75, 3.05) is 0 Å². The molecule has 5 heterocycles. The van der Waals surface area contributed by atoms with E-state index in [0.717, 1.165) is 106 Å². The molecule has 2 saturated carbocycles. The fraction of sp³-hybridized carbons (Fsp3) is 0.296. The summed E-state index contributed by atoms with van der Waals surface area (Å²) in [5.41, 5.74) is 17.2. The third-order valence-electron chi connectivity index (χ3n) is 16.9. The van der Waals surface area contributed by atoms with Crippen LogP contribution in [-0.4, -0.2) is 32.6 Å². The number of aryl methyl sites for hydroxylation is 1. The second-order valence-corrected chi connectivity index (χ2v) is 29.4. The molecule has 2 aliphatic rings. The molecule has 0 aliphatic heterocycles. The summed E-state index contributed by atoms with van der Waals surface area (Å²) in [6, 6.07) is 61.4. The van der Waals surface area contributed by atoms with Crippen LogP contribution in [0, 0.1) is 25.0 Å². The fourth-order valence-electron chi connectivity index (χ4n) is 12.2. The van der Waals surface area contributed by atoms with E-state index in [2.05, 4.69) is 228 Å². The van der Waals surface area contributed by atoms with Gasteiger partial charge in [-0.05, 0) is 95.1 Å². The van der Waals surface area contributed by atoms with Gasteiger partial charge in [-0.1, -0.05) is 194 Å². The smallest absolute Gasteiger partial charge is 0.216 e. The molecule has 0 bridgehead atoms. The zero-order valence-corrected chi connectivity index (χ0v) is 50.5. The van der Waals surface area contributed by atoms with Gasteiger partial charge in [-0.2, -0.15) is 0 Å². The molecule has 13 rings (SSSR count). The summed E-state index contributed by atoms with van der Waals surface area (Å²) >= 11 is 0. The normalized spacial score (nSPS) is 14.9. The van der Waals surface area contributed by atoms with E-state index in [9.17, 15) is 0 Å². The molecular weight excluding hydrogens is 1160 g/mol. The van der Waals surface area contributed by atoms with Gasteiger partial charge in [0.05, 0.1) is 41.7 Å². The van der Waals surface area contributed by atoms with Gasteiger partial charge in [0.25, 0.3) is 0 Å². The maximum absolute atomic E-state index is 6.87. The van der Waals surface area contributed by atoms with Crippen LogP contribution in [0.1, 0.15) is 120 Å². The number of imidazole rings is 1. The van der Waals surface area contributed by atoms with E-state index in [1.165, 1.54) is 74.1 Å². The van der Waals surface area contributed by atoms with E-state index in [1.807, 2.05) is 6.07 Å². The Morgan fingerprint density at radius 2 is 1.37 bits per heavy atom. The topological polar surface area (TPSA) is 69.6 Å². The number of benzene rings is 6. The van der Waals surface area contributed by atoms with E-state index < -0.39 is 8.07 Å². The standard InChI is InChI=1S/C51H45N4O.C20H26NSi.Ir/c1-31-23-24-36-25-27-44-47(45(36)52-31)55(46-41(34-17-8-6-9-18-34)29-37(51(3,4)5)30-42(46)35-19-10-7-11-20-35)49(53-44)40-22-14-21-38-39-26-28-43(54-50(39)56-48(38)40)32(2)33-15-12-13-16-33;1-22(2,3)19-13-14-20(21-15-19)18-11-9-17(10-12-18)16-7-5-4-6-8-16;/h6-11,14,17-21,23-30,32-33H,12-13,15-16H2,1-5H3;9-11,13-16H,4-8H2,1-3H3;/q2*-1;. The summed E-state index contributed by atoms with van der Waals surface area (Å²) in [6.07, 6.45) is 14.1. The average Bonchev–Trinajstić information content (AvgIpc) is 4.37. The van der Waals surface area contributed by atoms with Gasteiger partial charge in [0.2, 0.25) is 5.71 Å². The van der Waals surface area contributed by atoms with Crippen LogP contribution >= 0.6 is 0 Å². The Morgan fingerprint density at radius 3 is 2.00 bits per heavy atom. The van der Waals surface area contributed by atoms with Gasteiger partial charge in [0.15, 0.2) is 0 Å². The first-order chi connectivity index (χ1) is 37.8. The Balaban J connectivity index is 0.000000241. The van der Waals surface area contributed by atoms with Gasteiger partial charge >= 0.3 is 0 Å². The van der Waals surface area contributed by atoms with Crippen molar-refractivity contribution in [3.8, 4) is 50.6 Å². The van der Waals surface area contributed by atoms with Gasteiger partial charge in [-0.15, -0.1) is 53.6 Å². The third-order valence-corrected chi connectivity index (χ3v) is 18.9. The number of pyridine rings is 3. The molecule has 1 atom stereocenters. The maximum Gasteiger partial charge on any atom is 0.216 e. The zero-order valence-electron chi connectivity index (χ0n) is 47.1. The van der Waals surface area contributed by atoms with Gasteiger partial charge in [-0.25, -0.2) is 4.98 Å². The van der Waals surface area contributed by atoms with Crippen LogP contribution in [0.3, 0.4) is 0 Å². The second kappa shape index (κ2) is 22.4. The Bertz CT molecular complexity index is 3870. The van der Waals surface area contributed by atoms with Crippen molar-refractivity contribution in [3.05, 3.63) is 193 Å². The first-order valence-corrected chi connectivity index (χ1v) is 32.1. The van der Waals surface area contributed by atoms with E-state index in [-0.39, 0.29) is 25.5 Å². The molecule has 6 nitrogen and oxygen atoms in total. The quantitative estimate of drug-likeness (QED) is 0.106. The molecule has 0 saturated heterocycles. The Hall–Kier alpha value is -6.83. The number of hydrogen-bond acceptors (Lipinski definition) is 5. The molecule has 1 unspecified atom stereocenters. The Kier molecular flexibility index (Phi) is 15.3. The molecule has 6 aromatic carbocycles. The molecule has 5 aromatic heterocycles. The summed E-state index contributed by atoms with van der Waals surface area (Å²) in [5, 5.41) is 4.49. The number of fused-ring (bicyclic) bond motifs is 6. The van der Waals surface area contributed by atoms with E-state index in [4.69, 9.17) is 19.4 Å². The number of aromatic nitrogens is 5. The minimum atomic E-state index is -1.26. The summed E-state index contributed by atoms with van der Waals surface area (Å²) in [7, 11) is -1.26. The van der Waals surface area contributed by atoms with Crippen molar-refractivity contribution in [1.82, 2.24) is 24.5 Å². The molecule has 79 heavy (non-hydrogen) atoms. The van der Waals surface area contributed by atoms with Crippen molar-refractivity contribution in [2.45, 2.75) is 129 Å². The molecule has 2 fully saturated rings. The fourth-order valence-corrected chi connectivity index (χ4v) is 13.3. The van der Waals surface area contributed by atoms with Crippen LogP contribution in [-0.2, 0) is 25.5 Å². The summed E-state index contributed by atoms with van der Waals surface area (Å²) in [4.78, 5) is 20.6. The van der Waals surface area contributed by atoms with Gasteiger partial charge in [0, 0.05) is 65.5 Å².